The second-order valence-corrected chi connectivity index (χ2v) is 2.87. The second-order valence-electron chi connectivity index (χ2n) is 2.87. The molecule has 0 heterocycles. The SMILES string of the molecule is [N-]=[N+]=NC(c1ccc([C]=O)cc1)C(F)(F)F. The quantitative estimate of drug-likeness (QED) is 0.445. The van der Waals surface area contributed by atoms with Gasteiger partial charge in [-0.05, 0) is 11.1 Å². The molecule has 0 aliphatic heterocycles. The van der Waals surface area contributed by atoms with Crippen molar-refractivity contribution in [3.63, 3.8) is 0 Å². The predicted octanol–water partition coefficient (Wildman–Crippen LogP) is 3.06. The van der Waals surface area contributed by atoms with Crippen LogP contribution in [0.4, 0.5) is 13.2 Å². The lowest BCUT2D eigenvalue weighted by atomic mass is 10.1. The third kappa shape index (κ3) is 2.74. The van der Waals surface area contributed by atoms with Gasteiger partial charge in [0.1, 0.15) is 0 Å². The molecule has 1 aromatic rings. The zero-order valence-electron chi connectivity index (χ0n) is 7.77. The van der Waals surface area contributed by atoms with E-state index in [0.717, 1.165) is 12.1 Å². The Morgan fingerprint density at radius 1 is 1.31 bits per heavy atom. The highest BCUT2D eigenvalue weighted by atomic mass is 19.4. The molecule has 0 N–H and O–H groups in total. The second kappa shape index (κ2) is 4.67. The minimum atomic E-state index is -4.65. The van der Waals surface area contributed by atoms with Crippen LogP contribution >= 0.6 is 0 Å². The maximum atomic E-state index is 12.4. The summed E-state index contributed by atoms with van der Waals surface area (Å²) in [5.74, 6) is 0. The number of hydrogen-bond donors (Lipinski definition) is 0. The molecule has 0 saturated carbocycles. The van der Waals surface area contributed by atoms with Gasteiger partial charge in [0.25, 0.3) is 0 Å². The van der Waals surface area contributed by atoms with Gasteiger partial charge in [-0.25, -0.2) is 0 Å². The summed E-state index contributed by atoms with van der Waals surface area (Å²) in [5, 5.41) is 2.68. The lowest BCUT2D eigenvalue weighted by Crippen LogP contribution is -2.18. The van der Waals surface area contributed by atoms with Crippen molar-refractivity contribution in [1.29, 1.82) is 0 Å². The van der Waals surface area contributed by atoms with Gasteiger partial charge < -0.3 is 0 Å². The Morgan fingerprint density at radius 3 is 2.25 bits per heavy atom. The van der Waals surface area contributed by atoms with Gasteiger partial charge >= 0.3 is 6.18 Å². The standard InChI is InChI=1S/C9H5F3N3O/c10-9(11,12)8(14-15-13)7-3-1-6(5-16)2-4-7/h1-4,8H. The van der Waals surface area contributed by atoms with E-state index >= 15 is 0 Å². The van der Waals surface area contributed by atoms with Crippen molar-refractivity contribution in [2.45, 2.75) is 12.2 Å². The maximum absolute atomic E-state index is 12.4. The fourth-order valence-corrected chi connectivity index (χ4v) is 1.11. The van der Waals surface area contributed by atoms with Crippen LogP contribution in [0.1, 0.15) is 17.2 Å². The average molecular weight is 228 g/mol. The smallest absolute Gasteiger partial charge is 0.285 e. The molecule has 0 aliphatic carbocycles. The molecule has 0 fully saturated rings. The molecule has 1 unspecified atom stereocenters. The number of hydrogen-bond acceptors (Lipinski definition) is 2. The van der Waals surface area contributed by atoms with E-state index in [1.807, 2.05) is 0 Å². The first-order chi connectivity index (χ1) is 7.49. The first-order valence-corrected chi connectivity index (χ1v) is 4.08. The van der Waals surface area contributed by atoms with E-state index in [1.165, 1.54) is 18.4 Å². The molecule has 7 heteroatoms. The highest BCUT2D eigenvalue weighted by Gasteiger charge is 2.40. The van der Waals surface area contributed by atoms with Crippen molar-refractivity contribution >= 4 is 6.29 Å². The van der Waals surface area contributed by atoms with Crippen LogP contribution in [0.3, 0.4) is 0 Å². The largest absolute Gasteiger partial charge is 0.401 e. The minimum absolute atomic E-state index is 0.130. The molecule has 0 aliphatic rings. The van der Waals surface area contributed by atoms with Crippen LogP contribution in [-0.4, -0.2) is 12.5 Å². The van der Waals surface area contributed by atoms with Gasteiger partial charge in [0, 0.05) is 10.5 Å². The van der Waals surface area contributed by atoms with Crippen LogP contribution in [-0.2, 0) is 4.79 Å². The van der Waals surface area contributed by atoms with Crippen LogP contribution in [0, 0.1) is 0 Å². The Bertz CT molecular complexity index is 421. The molecule has 0 bridgehead atoms. The van der Waals surface area contributed by atoms with Crippen molar-refractivity contribution in [2.75, 3.05) is 0 Å². The monoisotopic (exact) mass is 228 g/mol. The van der Waals surface area contributed by atoms with Gasteiger partial charge in [0.15, 0.2) is 6.04 Å². The highest BCUT2D eigenvalue weighted by Crippen LogP contribution is 2.35. The first-order valence-electron chi connectivity index (χ1n) is 4.08. The third-order valence-corrected chi connectivity index (χ3v) is 1.82. The number of halogens is 3. The van der Waals surface area contributed by atoms with Crippen LogP contribution < -0.4 is 0 Å². The van der Waals surface area contributed by atoms with E-state index in [2.05, 4.69) is 10.0 Å². The summed E-state index contributed by atoms with van der Waals surface area (Å²) in [6.07, 6.45) is -3.12. The van der Waals surface area contributed by atoms with Crippen LogP contribution in [0.15, 0.2) is 29.4 Å². The molecular weight excluding hydrogens is 223 g/mol. The van der Waals surface area contributed by atoms with Crippen LogP contribution in [0.2, 0.25) is 0 Å². The fraction of sp³-hybridized carbons (Fsp3) is 0.222. The molecule has 0 spiro atoms. The molecule has 1 radical (unpaired) electrons. The van der Waals surface area contributed by atoms with Crippen molar-refractivity contribution < 1.29 is 18.0 Å². The summed E-state index contributed by atoms with van der Waals surface area (Å²) < 4.78 is 37.3. The van der Waals surface area contributed by atoms with E-state index in [9.17, 15) is 18.0 Å². The highest BCUT2D eigenvalue weighted by molar-refractivity contribution is 5.75. The van der Waals surface area contributed by atoms with Crippen molar-refractivity contribution in [3.8, 4) is 0 Å². The Hall–Kier alpha value is -2.01. The summed E-state index contributed by atoms with van der Waals surface area (Å²) >= 11 is 0. The molecule has 16 heavy (non-hydrogen) atoms. The Balaban J connectivity index is 3.11. The van der Waals surface area contributed by atoms with E-state index in [4.69, 9.17) is 5.53 Å². The molecule has 1 aromatic carbocycles. The number of carbonyl (C=O) groups excluding carboxylic acids is 1. The van der Waals surface area contributed by atoms with Crippen molar-refractivity contribution in [2.24, 2.45) is 5.11 Å². The summed E-state index contributed by atoms with van der Waals surface area (Å²) in [6.45, 7) is 0. The Labute approximate surface area is 88.3 Å². The lowest BCUT2D eigenvalue weighted by Gasteiger charge is -2.15. The fourth-order valence-electron chi connectivity index (χ4n) is 1.11. The minimum Gasteiger partial charge on any atom is -0.285 e. The predicted molar refractivity (Wildman–Crippen MR) is 49.2 cm³/mol. The molecule has 0 saturated heterocycles. The zero-order chi connectivity index (χ0) is 12.2. The number of benzene rings is 1. The normalized spacial score (nSPS) is 12.7. The molecule has 1 atom stereocenters. The van der Waals surface area contributed by atoms with E-state index in [0.29, 0.717) is 0 Å². The molecular formula is C9H5F3N3O. The van der Waals surface area contributed by atoms with E-state index < -0.39 is 12.2 Å². The number of rotatable bonds is 3. The van der Waals surface area contributed by atoms with Crippen molar-refractivity contribution in [1.82, 2.24) is 0 Å². The number of alkyl halides is 3. The van der Waals surface area contributed by atoms with Gasteiger partial charge in [-0.1, -0.05) is 29.4 Å². The van der Waals surface area contributed by atoms with Gasteiger partial charge in [-0.15, -0.1) is 0 Å². The Morgan fingerprint density at radius 2 is 1.88 bits per heavy atom. The van der Waals surface area contributed by atoms with Crippen molar-refractivity contribution in [3.05, 3.63) is 45.8 Å². The average Bonchev–Trinajstić information content (AvgIpc) is 2.25. The van der Waals surface area contributed by atoms with Gasteiger partial charge in [0.2, 0.25) is 6.29 Å². The maximum Gasteiger partial charge on any atom is 0.401 e. The van der Waals surface area contributed by atoms with Crippen LogP contribution in [0.5, 0.6) is 0 Å². The summed E-state index contributed by atoms with van der Waals surface area (Å²) in [6, 6.07) is 2.26. The molecule has 0 aromatic heterocycles. The lowest BCUT2D eigenvalue weighted by molar-refractivity contribution is -0.148. The van der Waals surface area contributed by atoms with Gasteiger partial charge in [0.05, 0.1) is 0 Å². The zero-order valence-corrected chi connectivity index (χ0v) is 7.77. The number of nitrogens with zero attached hydrogens (tertiary/aromatic N) is 3. The molecule has 4 nitrogen and oxygen atoms in total. The van der Waals surface area contributed by atoms with E-state index in [-0.39, 0.29) is 11.1 Å². The van der Waals surface area contributed by atoms with E-state index in [1.54, 1.807) is 0 Å². The topological polar surface area (TPSA) is 65.8 Å². The molecule has 1 rings (SSSR count). The summed E-state index contributed by atoms with van der Waals surface area (Å²) in [4.78, 5) is 12.3. The van der Waals surface area contributed by atoms with Gasteiger partial charge in [-0.2, -0.15) is 13.2 Å². The summed E-state index contributed by atoms with van der Waals surface area (Å²) in [5.41, 5.74) is 7.97. The summed E-state index contributed by atoms with van der Waals surface area (Å²) in [7, 11) is 0. The Kier molecular flexibility index (Phi) is 3.52. The molecule has 83 valence electrons. The first kappa shape index (κ1) is 12.1. The number of azide groups is 1. The third-order valence-electron chi connectivity index (χ3n) is 1.82. The van der Waals surface area contributed by atoms with Gasteiger partial charge in [-0.3, -0.25) is 4.79 Å². The van der Waals surface area contributed by atoms with Crippen LogP contribution in [0.25, 0.3) is 10.4 Å². The molecule has 0 amide bonds.